The summed E-state index contributed by atoms with van der Waals surface area (Å²) in [4.78, 5) is 15.0. The highest BCUT2D eigenvalue weighted by molar-refractivity contribution is 7.92. The molecule has 2 N–H and O–H groups in total. The Morgan fingerprint density at radius 3 is 2.44 bits per heavy atom. The first kappa shape index (κ1) is 32.7. The zero-order chi connectivity index (χ0) is 31.7. The van der Waals surface area contributed by atoms with Crippen molar-refractivity contribution in [1.29, 1.82) is 0 Å². The van der Waals surface area contributed by atoms with Crippen LogP contribution in [0.1, 0.15) is 30.9 Å². The molecule has 4 rings (SSSR count). The molecule has 15 heteroatoms. The summed E-state index contributed by atoms with van der Waals surface area (Å²) in [6, 6.07) is 9.87. The van der Waals surface area contributed by atoms with E-state index < -0.39 is 32.2 Å². The normalized spacial score (nSPS) is 18.8. The molecule has 2 heterocycles. The fourth-order valence-corrected chi connectivity index (χ4v) is 7.60. The minimum absolute atomic E-state index is 0.0540. The number of nitrogens with one attached hydrogen (secondary N) is 1. The van der Waals surface area contributed by atoms with E-state index in [0.717, 1.165) is 0 Å². The molecule has 2 aromatic carbocycles. The minimum atomic E-state index is -4.06. The Hall–Kier alpha value is -3.17. The molecule has 3 aromatic rings. The fraction of sp³-hybridized carbons (Fsp3) is 0.429. The maximum absolute atomic E-state index is 13.5. The number of aromatic nitrogens is 1. The predicted octanol–water partition coefficient (Wildman–Crippen LogP) is 3.22. The van der Waals surface area contributed by atoms with Crippen LogP contribution in [0.25, 0.3) is 0 Å². The van der Waals surface area contributed by atoms with E-state index in [0.29, 0.717) is 16.3 Å². The number of halogens is 1. The largest absolute Gasteiger partial charge is 0.488 e. The molecular formula is C28H35ClN4O8S2. The summed E-state index contributed by atoms with van der Waals surface area (Å²) < 4.78 is 68.0. The van der Waals surface area contributed by atoms with Crippen molar-refractivity contribution in [2.45, 2.75) is 56.1 Å². The number of sulfonamides is 2. The molecule has 12 nitrogen and oxygen atoms in total. The molecule has 0 saturated carbocycles. The Labute approximate surface area is 256 Å². The van der Waals surface area contributed by atoms with Crippen molar-refractivity contribution in [3.63, 3.8) is 0 Å². The van der Waals surface area contributed by atoms with E-state index in [2.05, 4.69) is 9.88 Å². The number of carbonyl (C=O) groups is 1. The van der Waals surface area contributed by atoms with E-state index in [-0.39, 0.29) is 64.9 Å². The molecule has 1 aliphatic rings. The molecule has 0 bridgehead atoms. The van der Waals surface area contributed by atoms with Gasteiger partial charge in [-0.15, -0.1) is 0 Å². The number of fused-ring (bicyclic) bond motifs is 1. The summed E-state index contributed by atoms with van der Waals surface area (Å²) in [5.41, 5.74) is 0.777. The van der Waals surface area contributed by atoms with Crippen LogP contribution in [0.4, 0.5) is 5.69 Å². The maximum Gasteiger partial charge on any atom is 0.267 e. The summed E-state index contributed by atoms with van der Waals surface area (Å²) in [6.45, 7) is 6.43. The third-order valence-electron chi connectivity index (χ3n) is 7.36. The summed E-state index contributed by atoms with van der Waals surface area (Å²) in [7, 11) is -6.52. The number of nitrogens with zero attached hydrogens (tertiary/aromatic N) is 3. The van der Waals surface area contributed by atoms with Gasteiger partial charge in [0.1, 0.15) is 17.5 Å². The number of aliphatic hydroxyl groups is 1. The van der Waals surface area contributed by atoms with Gasteiger partial charge in [-0.3, -0.25) is 9.52 Å². The van der Waals surface area contributed by atoms with Crippen LogP contribution in [0, 0.1) is 19.8 Å². The zero-order valence-corrected chi connectivity index (χ0v) is 26.8. The van der Waals surface area contributed by atoms with E-state index in [1.165, 1.54) is 66.5 Å². The molecular weight excluding hydrogens is 620 g/mol. The van der Waals surface area contributed by atoms with Gasteiger partial charge in [-0.05, 0) is 63.2 Å². The van der Waals surface area contributed by atoms with Gasteiger partial charge in [0.2, 0.25) is 15.9 Å². The van der Waals surface area contributed by atoms with Crippen molar-refractivity contribution >= 4 is 43.2 Å². The number of anilines is 1. The quantitative estimate of drug-likeness (QED) is 0.353. The molecule has 0 aliphatic carbocycles. The van der Waals surface area contributed by atoms with Gasteiger partial charge in [-0.2, -0.15) is 4.31 Å². The second-order valence-corrected chi connectivity index (χ2v) is 14.8. The first-order chi connectivity index (χ1) is 20.1. The van der Waals surface area contributed by atoms with Crippen LogP contribution in [0.5, 0.6) is 5.75 Å². The van der Waals surface area contributed by atoms with Crippen molar-refractivity contribution in [2.75, 3.05) is 31.5 Å². The lowest BCUT2D eigenvalue weighted by Crippen LogP contribution is -2.48. The number of rotatable bonds is 9. The van der Waals surface area contributed by atoms with Crippen molar-refractivity contribution in [3.05, 3.63) is 64.5 Å². The Kier molecular flexibility index (Phi) is 9.76. The number of hydrogen-bond donors (Lipinski definition) is 2. The number of benzene rings is 2. The average Bonchev–Trinajstić information content (AvgIpc) is 3.31. The molecule has 234 valence electrons. The Balaban J connectivity index is 1.69. The van der Waals surface area contributed by atoms with Crippen molar-refractivity contribution < 1.29 is 36.0 Å². The number of aliphatic hydroxyl groups excluding tert-OH is 1. The van der Waals surface area contributed by atoms with Crippen molar-refractivity contribution in [1.82, 2.24) is 14.4 Å². The SMILES string of the molecule is Cc1noc(C)c1S(=O)(=O)Nc1ccc2c(c1)CC(=O)N([C@H](C)CO)C[C@H](C)[C@@H](CN(C)S(=O)(=O)c1ccc(Cl)cc1)O2. The monoisotopic (exact) mass is 654 g/mol. The summed E-state index contributed by atoms with van der Waals surface area (Å²) in [6.07, 6.45) is -0.853. The van der Waals surface area contributed by atoms with Crippen LogP contribution in [-0.2, 0) is 31.3 Å². The highest BCUT2D eigenvalue weighted by atomic mass is 35.5. The molecule has 3 atom stereocenters. The average molecular weight is 655 g/mol. The lowest BCUT2D eigenvalue weighted by Gasteiger charge is -2.33. The Bertz CT molecular complexity index is 1670. The van der Waals surface area contributed by atoms with Gasteiger partial charge in [0.25, 0.3) is 10.0 Å². The van der Waals surface area contributed by atoms with E-state index in [1.807, 2.05) is 6.92 Å². The second-order valence-electron chi connectivity index (χ2n) is 10.7. The van der Waals surface area contributed by atoms with Gasteiger partial charge < -0.3 is 19.3 Å². The maximum atomic E-state index is 13.5. The number of carbonyl (C=O) groups excluding carboxylic acids is 1. The van der Waals surface area contributed by atoms with E-state index in [1.54, 1.807) is 13.0 Å². The molecule has 0 unspecified atom stereocenters. The molecule has 1 amide bonds. The minimum Gasteiger partial charge on any atom is -0.488 e. The summed E-state index contributed by atoms with van der Waals surface area (Å²) in [5, 5.41) is 14.0. The molecule has 0 fully saturated rings. The van der Waals surface area contributed by atoms with Crippen LogP contribution in [0.3, 0.4) is 0 Å². The molecule has 0 saturated heterocycles. The van der Waals surface area contributed by atoms with Crippen LogP contribution >= 0.6 is 11.6 Å². The van der Waals surface area contributed by atoms with Gasteiger partial charge in [-0.25, -0.2) is 16.8 Å². The van der Waals surface area contributed by atoms with Crippen LogP contribution in [0.2, 0.25) is 5.02 Å². The highest BCUT2D eigenvalue weighted by Gasteiger charge is 2.34. The van der Waals surface area contributed by atoms with Gasteiger partial charge >= 0.3 is 0 Å². The number of ether oxygens (including phenoxy) is 1. The Morgan fingerprint density at radius 1 is 1.16 bits per heavy atom. The molecule has 0 spiro atoms. The van der Waals surface area contributed by atoms with Crippen LogP contribution in [0.15, 0.2) is 56.8 Å². The van der Waals surface area contributed by atoms with E-state index in [9.17, 15) is 26.7 Å². The first-order valence-electron chi connectivity index (χ1n) is 13.5. The Morgan fingerprint density at radius 2 is 1.84 bits per heavy atom. The molecule has 43 heavy (non-hydrogen) atoms. The first-order valence-corrected chi connectivity index (χ1v) is 16.8. The van der Waals surface area contributed by atoms with Crippen molar-refractivity contribution in [3.8, 4) is 5.75 Å². The standard InChI is InChI=1S/C28H35ClN4O8S2/c1-17-14-33(18(2)16-34)27(35)13-21-12-23(31-42(36,37)28-19(3)30-41-20(28)4)8-11-25(21)40-26(17)15-32(5)43(38,39)24-9-6-22(29)7-10-24/h6-12,17-18,26,31,34H,13-16H2,1-5H3/t17-,18+,26+/m0/s1. The lowest BCUT2D eigenvalue weighted by molar-refractivity contribution is -0.134. The van der Waals surface area contributed by atoms with Gasteiger partial charge in [0, 0.05) is 35.8 Å². The van der Waals surface area contributed by atoms with Crippen LogP contribution in [-0.4, -0.2) is 81.1 Å². The fourth-order valence-electron chi connectivity index (χ4n) is 4.91. The van der Waals surface area contributed by atoms with Gasteiger partial charge in [0.05, 0.1) is 30.5 Å². The number of amides is 1. The number of aryl methyl sites for hydroxylation is 2. The van der Waals surface area contributed by atoms with Crippen LogP contribution < -0.4 is 9.46 Å². The van der Waals surface area contributed by atoms with E-state index in [4.69, 9.17) is 20.9 Å². The number of likely N-dealkylation sites (N-methyl/N-ethyl adjacent to an activating group) is 1. The van der Waals surface area contributed by atoms with Crippen molar-refractivity contribution in [2.24, 2.45) is 5.92 Å². The van der Waals surface area contributed by atoms with Gasteiger partial charge in [-0.1, -0.05) is 23.7 Å². The molecule has 0 radical (unpaired) electrons. The number of hydrogen-bond acceptors (Lipinski definition) is 9. The third kappa shape index (κ3) is 7.15. The lowest BCUT2D eigenvalue weighted by atomic mass is 10.0. The summed E-state index contributed by atoms with van der Waals surface area (Å²) >= 11 is 5.94. The predicted molar refractivity (Wildman–Crippen MR) is 160 cm³/mol. The second kappa shape index (κ2) is 12.8. The van der Waals surface area contributed by atoms with Gasteiger partial charge in [0.15, 0.2) is 10.7 Å². The topological polar surface area (TPSA) is 159 Å². The summed E-state index contributed by atoms with van der Waals surface area (Å²) in [5.74, 6) is -0.216. The zero-order valence-electron chi connectivity index (χ0n) is 24.4. The smallest absolute Gasteiger partial charge is 0.267 e. The molecule has 1 aliphatic heterocycles. The molecule has 1 aromatic heterocycles. The third-order valence-corrected chi connectivity index (χ3v) is 11.1. The van der Waals surface area contributed by atoms with E-state index >= 15 is 0 Å². The highest BCUT2D eigenvalue weighted by Crippen LogP contribution is 2.31.